The maximum atomic E-state index is 13.6. The van der Waals surface area contributed by atoms with E-state index in [2.05, 4.69) is 15.4 Å². The lowest BCUT2D eigenvalue weighted by Gasteiger charge is -2.15. The van der Waals surface area contributed by atoms with E-state index in [9.17, 15) is 9.18 Å². The number of carbonyl (C=O) groups excluding carboxylic acids is 1. The SMILES string of the molecule is C[C@H](C(=O)Nc1cc(F)ccc1Oc1ccccc1)n1cncn1. The molecule has 7 heteroatoms. The minimum absolute atomic E-state index is 0.246. The van der Waals surface area contributed by atoms with E-state index in [0.717, 1.165) is 0 Å². The van der Waals surface area contributed by atoms with Gasteiger partial charge >= 0.3 is 0 Å². The summed E-state index contributed by atoms with van der Waals surface area (Å²) in [6.07, 6.45) is 2.78. The maximum Gasteiger partial charge on any atom is 0.249 e. The third-order valence-corrected chi connectivity index (χ3v) is 3.38. The topological polar surface area (TPSA) is 69.0 Å². The molecule has 0 aliphatic rings. The number of rotatable bonds is 5. The number of hydrogen-bond acceptors (Lipinski definition) is 4. The second-order valence-electron chi connectivity index (χ2n) is 5.10. The Morgan fingerprint density at radius 2 is 2.04 bits per heavy atom. The molecule has 24 heavy (non-hydrogen) atoms. The number of carbonyl (C=O) groups is 1. The van der Waals surface area contributed by atoms with Crippen LogP contribution in [0.1, 0.15) is 13.0 Å². The summed E-state index contributed by atoms with van der Waals surface area (Å²) >= 11 is 0. The van der Waals surface area contributed by atoms with Crippen LogP contribution in [0.3, 0.4) is 0 Å². The van der Waals surface area contributed by atoms with Gasteiger partial charge < -0.3 is 10.1 Å². The van der Waals surface area contributed by atoms with Crippen LogP contribution in [0.4, 0.5) is 10.1 Å². The van der Waals surface area contributed by atoms with Crippen molar-refractivity contribution in [3.8, 4) is 11.5 Å². The Morgan fingerprint density at radius 1 is 1.25 bits per heavy atom. The van der Waals surface area contributed by atoms with Crippen LogP contribution in [-0.4, -0.2) is 20.7 Å². The van der Waals surface area contributed by atoms with Gasteiger partial charge in [0.1, 0.15) is 30.3 Å². The molecular weight excluding hydrogens is 311 g/mol. The average Bonchev–Trinajstić information content (AvgIpc) is 3.12. The van der Waals surface area contributed by atoms with Crippen LogP contribution in [0, 0.1) is 5.82 Å². The summed E-state index contributed by atoms with van der Waals surface area (Å²) in [6.45, 7) is 1.67. The van der Waals surface area contributed by atoms with Gasteiger partial charge in [0.25, 0.3) is 0 Å². The molecule has 0 aliphatic carbocycles. The van der Waals surface area contributed by atoms with Crippen LogP contribution in [0.15, 0.2) is 61.2 Å². The number of aromatic nitrogens is 3. The summed E-state index contributed by atoms with van der Waals surface area (Å²) in [4.78, 5) is 16.2. The minimum atomic E-state index is -0.597. The Hall–Kier alpha value is -3.22. The van der Waals surface area contributed by atoms with Crippen LogP contribution < -0.4 is 10.1 Å². The summed E-state index contributed by atoms with van der Waals surface area (Å²) in [5.41, 5.74) is 0.246. The third-order valence-electron chi connectivity index (χ3n) is 3.38. The number of ether oxygens (including phenoxy) is 1. The van der Waals surface area contributed by atoms with E-state index in [1.54, 1.807) is 19.1 Å². The van der Waals surface area contributed by atoms with Gasteiger partial charge in [0.15, 0.2) is 5.75 Å². The fourth-order valence-electron chi connectivity index (χ4n) is 2.08. The zero-order valence-electron chi connectivity index (χ0n) is 12.9. The number of benzene rings is 2. The van der Waals surface area contributed by atoms with Crippen molar-refractivity contribution in [3.05, 3.63) is 67.0 Å². The lowest BCUT2D eigenvalue weighted by Crippen LogP contribution is -2.24. The van der Waals surface area contributed by atoms with E-state index in [1.807, 2.05) is 18.2 Å². The van der Waals surface area contributed by atoms with Crippen molar-refractivity contribution in [2.45, 2.75) is 13.0 Å². The highest BCUT2D eigenvalue weighted by atomic mass is 19.1. The van der Waals surface area contributed by atoms with Gasteiger partial charge in [-0.25, -0.2) is 14.1 Å². The molecule has 0 bridgehead atoms. The molecule has 0 aliphatic heterocycles. The van der Waals surface area contributed by atoms with Crippen molar-refractivity contribution in [2.75, 3.05) is 5.32 Å². The Bertz CT molecular complexity index is 822. The van der Waals surface area contributed by atoms with Gasteiger partial charge in [-0.15, -0.1) is 0 Å². The molecule has 1 N–H and O–H groups in total. The van der Waals surface area contributed by atoms with Crippen molar-refractivity contribution in [1.29, 1.82) is 0 Å². The predicted molar refractivity (Wildman–Crippen MR) is 86.3 cm³/mol. The Labute approximate surface area is 137 Å². The second kappa shape index (κ2) is 6.91. The lowest BCUT2D eigenvalue weighted by molar-refractivity contribution is -0.119. The molecule has 122 valence electrons. The Kier molecular flexibility index (Phi) is 4.51. The van der Waals surface area contributed by atoms with Crippen molar-refractivity contribution in [1.82, 2.24) is 14.8 Å². The molecule has 0 fully saturated rings. The minimum Gasteiger partial charge on any atom is -0.455 e. The molecule has 6 nitrogen and oxygen atoms in total. The van der Waals surface area contributed by atoms with Crippen LogP contribution >= 0.6 is 0 Å². The van der Waals surface area contributed by atoms with Crippen LogP contribution in [0.2, 0.25) is 0 Å². The molecule has 3 rings (SSSR count). The summed E-state index contributed by atoms with van der Waals surface area (Å²) in [5, 5.41) is 6.59. The first-order valence-corrected chi connectivity index (χ1v) is 7.31. The predicted octanol–water partition coefficient (Wildman–Crippen LogP) is 3.41. The number of hydrogen-bond donors (Lipinski definition) is 1. The van der Waals surface area contributed by atoms with E-state index >= 15 is 0 Å². The smallest absolute Gasteiger partial charge is 0.249 e. The highest BCUT2D eigenvalue weighted by Gasteiger charge is 2.18. The summed E-state index contributed by atoms with van der Waals surface area (Å²) in [7, 11) is 0. The zero-order valence-corrected chi connectivity index (χ0v) is 12.9. The van der Waals surface area contributed by atoms with Gasteiger partial charge in [-0.1, -0.05) is 18.2 Å². The van der Waals surface area contributed by atoms with E-state index in [1.165, 1.54) is 35.5 Å². The molecule has 3 aromatic rings. The number of halogens is 1. The molecule has 1 heterocycles. The molecule has 2 aromatic carbocycles. The monoisotopic (exact) mass is 326 g/mol. The number of para-hydroxylation sites is 1. The summed E-state index contributed by atoms with van der Waals surface area (Å²) in [6, 6.07) is 12.4. The van der Waals surface area contributed by atoms with E-state index in [4.69, 9.17) is 4.74 Å². The lowest BCUT2D eigenvalue weighted by atomic mass is 10.2. The highest BCUT2D eigenvalue weighted by Crippen LogP contribution is 2.30. The van der Waals surface area contributed by atoms with E-state index in [-0.39, 0.29) is 11.6 Å². The maximum absolute atomic E-state index is 13.6. The Morgan fingerprint density at radius 3 is 2.75 bits per heavy atom. The second-order valence-corrected chi connectivity index (χ2v) is 5.10. The van der Waals surface area contributed by atoms with Gasteiger partial charge in [-0.3, -0.25) is 4.79 Å². The largest absolute Gasteiger partial charge is 0.455 e. The zero-order chi connectivity index (χ0) is 16.9. The molecule has 0 saturated carbocycles. The first-order valence-electron chi connectivity index (χ1n) is 7.31. The molecule has 0 saturated heterocycles. The number of nitrogens with zero attached hydrogens (tertiary/aromatic N) is 3. The standard InChI is InChI=1S/C17H15FN4O2/c1-12(22-11-19-10-20-22)17(23)21-15-9-13(18)7-8-16(15)24-14-5-3-2-4-6-14/h2-12H,1H3,(H,21,23)/t12-/m1/s1. The van der Waals surface area contributed by atoms with Crippen LogP contribution in [-0.2, 0) is 4.79 Å². The summed E-state index contributed by atoms with van der Waals surface area (Å²) < 4.78 is 20.7. The molecule has 1 atom stereocenters. The third kappa shape index (κ3) is 3.57. The fourth-order valence-corrected chi connectivity index (χ4v) is 2.08. The molecule has 1 aromatic heterocycles. The number of anilines is 1. The fraction of sp³-hybridized carbons (Fsp3) is 0.118. The quantitative estimate of drug-likeness (QED) is 0.780. The van der Waals surface area contributed by atoms with Gasteiger partial charge in [0.05, 0.1) is 5.69 Å². The first-order chi connectivity index (χ1) is 11.6. The van der Waals surface area contributed by atoms with Crippen LogP contribution in [0.5, 0.6) is 11.5 Å². The van der Waals surface area contributed by atoms with E-state index in [0.29, 0.717) is 11.5 Å². The molecular formula is C17H15FN4O2. The van der Waals surface area contributed by atoms with Crippen molar-refractivity contribution in [3.63, 3.8) is 0 Å². The molecule has 0 unspecified atom stereocenters. The number of nitrogens with one attached hydrogen (secondary N) is 1. The van der Waals surface area contributed by atoms with Crippen LogP contribution in [0.25, 0.3) is 0 Å². The molecule has 0 spiro atoms. The van der Waals surface area contributed by atoms with E-state index < -0.39 is 11.9 Å². The van der Waals surface area contributed by atoms with Gasteiger partial charge in [0.2, 0.25) is 5.91 Å². The average molecular weight is 326 g/mol. The van der Waals surface area contributed by atoms with Gasteiger partial charge in [-0.2, -0.15) is 5.10 Å². The van der Waals surface area contributed by atoms with Crippen molar-refractivity contribution >= 4 is 11.6 Å². The van der Waals surface area contributed by atoms with Crippen molar-refractivity contribution < 1.29 is 13.9 Å². The highest BCUT2D eigenvalue weighted by molar-refractivity contribution is 5.94. The summed E-state index contributed by atoms with van der Waals surface area (Å²) in [5.74, 6) is 0.105. The normalized spacial score (nSPS) is 11.8. The molecule has 0 radical (unpaired) electrons. The molecule has 1 amide bonds. The van der Waals surface area contributed by atoms with Gasteiger partial charge in [0, 0.05) is 6.07 Å². The van der Waals surface area contributed by atoms with Crippen molar-refractivity contribution in [2.24, 2.45) is 0 Å². The first kappa shape index (κ1) is 15.7. The Balaban J connectivity index is 1.81. The van der Waals surface area contributed by atoms with Gasteiger partial charge in [-0.05, 0) is 31.2 Å². The number of amides is 1.